The lowest BCUT2D eigenvalue weighted by molar-refractivity contribution is 0.518. The van der Waals surface area contributed by atoms with Crippen molar-refractivity contribution < 1.29 is 4.42 Å². The molecular formula is C12H14N2O. The molecule has 0 aliphatic rings. The Labute approximate surface area is 88.9 Å². The van der Waals surface area contributed by atoms with Crippen molar-refractivity contribution in [2.45, 2.75) is 13.5 Å². The second kappa shape index (κ2) is 4.09. The van der Waals surface area contributed by atoms with Gasteiger partial charge in [-0.25, -0.2) is 0 Å². The molecule has 0 fully saturated rings. The van der Waals surface area contributed by atoms with Crippen LogP contribution in [-0.4, -0.2) is 0 Å². The van der Waals surface area contributed by atoms with Crippen LogP contribution in [0.3, 0.4) is 0 Å². The summed E-state index contributed by atoms with van der Waals surface area (Å²) in [5.41, 5.74) is 8.69. The Hall–Kier alpha value is -1.90. The van der Waals surface area contributed by atoms with E-state index in [-0.39, 0.29) is 0 Å². The molecule has 3 heteroatoms. The average Bonchev–Trinajstić information content (AvgIpc) is 2.65. The summed E-state index contributed by atoms with van der Waals surface area (Å²) in [7, 11) is 0. The topological polar surface area (TPSA) is 51.2 Å². The van der Waals surface area contributed by atoms with Gasteiger partial charge >= 0.3 is 0 Å². The van der Waals surface area contributed by atoms with Crippen molar-refractivity contribution in [1.82, 2.24) is 0 Å². The van der Waals surface area contributed by atoms with Crippen LogP contribution >= 0.6 is 0 Å². The Morgan fingerprint density at radius 1 is 1.33 bits per heavy atom. The Kier molecular flexibility index (Phi) is 2.63. The molecule has 0 unspecified atom stereocenters. The summed E-state index contributed by atoms with van der Waals surface area (Å²) in [5.74, 6) is 0.912. The van der Waals surface area contributed by atoms with E-state index in [9.17, 15) is 0 Å². The first-order valence-corrected chi connectivity index (χ1v) is 4.87. The molecule has 0 saturated carbocycles. The smallest absolute Gasteiger partial charge is 0.122 e. The molecule has 3 N–H and O–H groups in total. The van der Waals surface area contributed by atoms with Crippen molar-refractivity contribution in [3.63, 3.8) is 0 Å². The molecule has 2 aromatic rings. The second-order valence-corrected chi connectivity index (χ2v) is 3.57. The Morgan fingerprint density at radius 3 is 2.87 bits per heavy atom. The molecule has 0 bridgehead atoms. The summed E-state index contributed by atoms with van der Waals surface area (Å²) in [5, 5.41) is 3.25. The molecule has 0 radical (unpaired) electrons. The molecular weight excluding hydrogens is 188 g/mol. The van der Waals surface area contributed by atoms with E-state index in [1.54, 1.807) is 6.26 Å². The van der Waals surface area contributed by atoms with Gasteiger partial charge in [0.15, 0.2) is 0 Å². The molecule has 0 atom stereocenters. The van der Waals surface area contributed by atoms with Crippen LogP contribution in [0.25, 0.3) is 0 Å². The second-order valence-electron chi connectivity index (χ2n) is 3.57. The average molecular weight is 202 g/mol. The van der Waals surface area contributed by atoms with Gasteiger partial charge in [0.1, 0.15) is 5.76 Å². The van der Waals surface area contributed by atoms with E-state index in [0.717, 1.165) is 22.7 Å². The fourth-order valence-electron chi connectivity index (χ4n) is 1.52. The normalized spacial score (nSPS) is 10.2. The predicted octanol–water partition coefficient (Wildman–Crippen LogP) is 2.78. The van der Waals surface area contributed by atoms with Crippen molar-refractivity contribution in [3.05, 3.63) is 47.9 Å². The molecule has 0 saturated heterocycles. The monoisotopic (exact) mass is 202 g/mol. The third-order valence-corrected chi connectivity index (χ3v) is 2.15. The highest BCUT2D eigenvalue weighted by atomic mass is 16.3. The minimum absolute atomic E-state index is 0.676. The first-order valence-electron chi connectivity index (χ1n) is 4.87. The minimum Gasteiger partial charge on any atom is -0.467 e. The molecule has 2 rings (SSSR count). The number of benzene rings is 1. The van der Waals surface area contributed by atoms with E-state index < -0.39 is 0 Å². The zero-order valence-corrected chi connectivity index (χ0v) is 8.66. The molecule has 0 spiro atoms. The maximum Gasteiger partial charge on any atom is 0.122 e. The van der Waals surface area contributed by atoms with Gasteiger partial charge in [-0.3, -0.25) is 0 Å². The number of hydrogen-bond donors (Lipinski definition) is 2. The third kappa shape index (κ3) is 2.53. The number of aryl methyl sites for hydroxylation is 1. The molecule has 1 heterocycles. The van der Waals surface area contributed by atoms with Crippen molar-refractivity contribution in [2.24, 2.45) is 0 Å². The van der Waals surface area contributed by atoms with Gasteiger partial charge in [0.25, 0.3) is 0 Å². The van der Waals surface area contributed by atoms with Gasteiger partial charge in [0, 0.05) is 11.4 Å². The molecule has 1 aromatic heterocycles. The predicted molar refractivity (Wildman–Crippen MR) is 61.6 cm³/mol. The maximum absolute atomic E-state index is 5.74. The van der Waals surface area contributed by atoms with E-state index >= 15 is 0 Å². The van der Waals surface area contributed by atoms with Gasteiger partial charge in [-0.2, -0.15) is 0 Å². The van der Waals surface area contributed by atoms with Crippen LogP contribution in [0, 0.1) is 6.92 Å². The van der Waals surface area contributed by atoms with Crippen LogP contribution in [0.4, 0.5) is 11.4 Å². The van der Waals surface area contributed by atoms with Crippen LogP contribution in [0.15, 0.2) is 41.0 Å². The fourth-order valence-corrected chi connectivity index (χ4v) is 1.52. The van der Waals surface area contributed by atoms with Crippen LogP contribution in [-0.2, 0) is 6.54 Å². The summed E-state index contributed by atoms with van der Waals surface area (Å²) in [6, 6.07) is 9.72. The number of nitrogens with one attached hydrogen (secondary N) is 1. The van der Waals surface area contributed by atoms with Gasteiger partial charge in [-0.15, -0.1) is 0 Å². The van der Waals surface area contributed by atoms with E-state index in [1.165, 1.54) is 0 Å². The zero-order chi connectivity index (χ0) is 10.7. The van der Waals surface area contributed by atoms with Crippen LogP contribution in [0.1, 0.15) is 11.3 Å². The van der Waals surface area contributed by atoms with Crippen molar-refractivity contribution in [1.29, 1.82) is 0 Å². The van der Waals surface area contributed by atoms with Gasteiger partial charge in [-0.05, 0) is 42.8 Å². The van der Waals surface area contributed by atoms with Crippen LogP contribution in [0.2, 0.25) is 0 Å². The third-order valence-electron chi connectivity index (χ3n) is 2.15. The maximum atomic E-state index is 5.74. The quantitative estimate of drug-likeness (QED) is 0.752. The number of furan rings is 1. The Morgan fingerprint density at radius 2 is 2.20 bits per heavy atom. The summed E-state index contributed by atoms with van der Waals surface area (Å²) in [6.45, 7) is 2.70. The first-order chi connectivity index (χ1) is 7.24. The first kappa shape index (κ1) is 9.65. The Bertz CT molecular complexity index is 415. The lowest BCUT2D eigenvalue weighted by atomic mass is 10.2. The summed E-state index contributed by atoms with van der Waals surface area (Å²) in [6.07, 6.45) is 1.67. The molecule has 15 heavy (non-hydrogen) atoms. The number of anilines is 2. The van der Waals surface area contributed by atoms with Crippen LogP contribution < -0.4 is 11.1 Å². The highest BCUT2D eigenvalue weighted by Gasteiger charge is 1.97. The van der Waals surface area contributed by atoms with Crippen molar-refractivity contribution in [2.75, 3.05) is 11.1 Å². The van der Waals surface area contributed by atoms with E-state index in [2.05, 4.69) is 11.4 Å². The van der Waals surface area contributed by atoms with Gasteiger partial charge < -0.3 is 15.5 Å². The number of hydrogen-bond acceptors (Lipinski definition) is 3. The van der Waals surface area contributed by atoms with Gasteiger partial charge in [0.05, 0.1) is 12.8 Å². The summed E-state index contributed by atoms with van der Waals surface area (Å²) in [4.78, 5) is 0. The minimum atomic E-state index is 0.676. The van der Waals surface area contributed by atoms with Gasteiger partial charge in [0.2, 0.25) is 0 Å². The van der Waals surface area contributed by atoms with E-state index in [1.807, 2.05) is 31.2 Å². The van der Waals surface area contributed by atoms with Crippen LogP contribution in [0.5, 0.6) is 0 Å². The molecule has 0 aliphatic heterocycles. The van der Waals surface area contributed by atoms with Crippen molar-refractivity contribution >= 4 is 11.4 Å². The highest BCUT2D eigenvalue weighted by molar-refractivity contribution is 5.56. The number of nitrogens with two attached hydrogens (primary N) is 1. The number of rotatable bonds is 3. The van der Waals surface area contributed by atoms with Gasteiger partial charge in [-0.1, -0.05) is 0 Å². The van der Waals surface area contributed by atoms with E-state index in [0.29, 0.717) is 6.54 Å². The lowest BCUT2D eigenvalue weighted by Gasteiger charge is -2.06. The molecule has 0 aliphatic carbocycles. The SMILES string of the molecule is Cc1cc(N)cc(NCc2ccco2)c1. The molecule has 0 amide bonds. The molecule has 78 valence electrons. The summed E-state index contributed by atoms with van der Waals surface area (Å²) >= 11 is 0. The molecule has 1 aromatic carbocycles. The lowest BCUT2D eigenvalue weighted by Crippen LogP contribution is -1.99. The highest BCUT2D eigenvalue weighted by Crippen LogP contribution is 2.16. The number of nitrogen functional groups attached to an aromatic ring is 1. The summed E-state index contributed by atoms with van der Waals surface area (Å²) < 4.78 is 5.22. The van der Waals surface area contributed by atoms with E-state index in [4.69, 9.17) is 10.2 Å². The van der Waals surface area contributed by atoms with Crippen molar-refractivity contribution in [3.8, 4) is 0 Å². The standard InChI is InChI=1S/C12H14N2O/c1-9-5-10(13)7-11(6-9)14-8-12-3-2-4-15-12/h2-7,14H,8,13H2,1H3. The largest absolute Gasteiger partial charge is 0.467 e. The zero-order valence-electron chi connectivity index (χ0n) is 8.66. The Balaban J connectivity index is 2.05. The fraction of sp³-hybridized carbons (Fsp3) is 0.167. The molecule has 3 nitrogen and oxygen atoms in total.